The van der Waals surface area contributed by atoms with Gasteiger partial charge in [0, 0.05) is 5.56 Å². The number of methoxy groups -OCH3 is 1. The fourth-order valence-electron chi connectivity index (χ4n) is 2.23. The molecule has 2 aromatic carbocycles. The van der Waals surface area contributed by atoms with Crippen LogP contribution in [0.4, 0.5) is 0 Å². The van der Waals surface area contributed by atoms with E-state index in [9.17, 15) is 4.79 Å². The number of hydrogen-bond acceptors (Lipinski definition) is 6. The summed E-state index contributed by atoms with van der Waals surface area (Å²) < 4.78 is 11.2. The summed E-state index contributed by atoms with van der Waals surface area (Å²) in [4.78, 5) is 12.0. The largest absolute Gasteiger partial charge is 0.493 e. The van der Waals surface area contributed by atoms with Gasteiger partial charge in [-0.05, 0) is 29.0 Å². The number of benzene rings is 2. The Balaban J connectivity index is 1.77. The molecule has 2 N–H and O–H groups in total. The summed E-state index contributed by atoms with van der Waals surface area (Å²) in [5, 5.41) is 11.8. The standard InChI is InChI=1S/C17H17N5O3/c1-24-15-9-13(17-19-21-22(20-17)10-16(18)23)7-8-14(15)25-11-12-5-3-2-4-6-12/h2-9H,10-11H2,1H3,(H2,18,23). The second kappa shape index (κ2) is 7.43. The number of nitrogens with two attached hydrogens (primary N) is 1. The third-order valence-electron chi connectivity index (χ3n) is 3.41. The van der Waals surface area contributed by atoms with Crippen LogP contribution in [0.5, 0.6) is 11.5 Å². The first-order valence-electron chi connectivity index (χ1n) is 7.57. The van der Waals surface area contributed by atoms with Crippen LogP contribution < -0.4 is 15.2 Å². The van der Waals surface area contributed by atoms with Crippen molar-refractivity contribution in [3.05, 3.63) is 54.1 Å². The lowest BCUT2D eigenvalue weighted by Gasteiger charge is -2.11. The molecule has 1 heterocycles. The summed E-state index contributed by atoms with van der Waals surface area (Å²) in [5.74, 6) is 1.000. The topological polar surface area (TPSA) is 105 Å². The van der Waals surface area contributed by atoms with Gasteiger partial charge in [-0.25, -0.2) is 0 Å². The molecule has 0 aliphatic heterocycles. The van der Waals surface area contributed by atoms with Gasteiger partial charge in [0.15, 0.2) is 11.5 Å². The summed E-state index contributed by atoms with van der Waals surface area (Å²) >= 11 is 0. The van der Waals surface area contributed by atoms with Crippen molar-refractivity contribution in [3.63, 3.8) is 0 Å². The van der Waals surface area contributed by atoms with Crippen molar-refractivity contribution >= 4 is 5.91 Å². The van der Waals surface area contributed by atoms with E-state index in [0.29, 0.717) is 29.5 Å². The number of hydrogen-bond donors (Lipinski definition) is 1. The summed E-state index contributed by atoms with van der Waals surface area (Å²) in [6.07, 6.45) is 0. The SMILES string of the molecule is COc1cc(-c2nnn(CC(N)=O)n2)ccc1OCc1ccccc1. The number of ether oxygens (including phenoxy) is 2. The minimum Gasteiger partial charge on any atom is -0.493 e. The number of carbonyl (C=O) groups is 1. The van der Waals surface area contributed by atoms with Crippen LogP contribution in [0, 0.1) is 0 Å². The average molecular weight is 339 g/mol. The maximum absolute atomic E-state index is 10.9. The maximum atomic E-state index is 10.9. The normalized spacial score (nSPS) is 10.4. The Bertz CT molecular complexity index is 864. The third kappa shape index (κ3) is 4.11. The van der Waals surface area contributed by atoms with Crippen molar-refractivity contribution in [2.45, 2.75) is 13.2 Å². The summed E-state index contributed by atoms with van der Waals surface area (Å²) in [5.41, 5.74) is 6.87. The van der Waals surface area contributed by atoms with Crippen LogP contribution in [0.15, 0.2) is 48.5 Å². The smallest absolute Gasteiger partial charge is 0.241 e. The van der Waals surface area contributed by atoms with Crippen LogP contribution in [0.3, 0.4) is 0 Å². The van der Waals surface area contributed by atoms with Crippen LogP contribution in [-0.2, 0) is 17.9 Å². The predicted molar refractivity (Wildman–Crippen MR) is 89.8 cm³/mol. The van der Waals surface area contributed by atoms with Crippen LogP contribution in [0.25, 0.3) is 11.4 Å². The van der Waals surface area contributed by atoms with Crippen molar-refractivity contribution in [2.24, 2.45) is 5.73 Å². The van der Waals surface area contributed by atoms with E-state index in [1.807, 2.05) is 30.3 Å². The van der Waals surface area contributed by atoms with Gasteiger partial charge >= 0.3 is 0 Å². The lowest BCUT2D eigenvalue weighted by atomic mass is 10.2. The van der Waals surface area contributed by atoms with Crippen LogP contribution >= 0.6 is 0 Å². The maximum Gasteiger partial charge on any atom is 0.241 e. The number of rotatable bonds is 7. The minimum atomic E-state index is -0.536. The molecule has 0 unspecified atom stereocenters. The molecule has 25 heavy (non-hydrogen) atoms. The summed E-state index contributed by atoms with van der Waals surface area (Å²) in [7, 11) is 1.56. The molecule has 0 atom stereocenters. The average Bonchev–Trinajstić information content (AvgIpc) is 3.08. The number of nitrogens with zero attached hydrogens (tertiary/aromatic N) is 4. The lowest BCUT2D eigenvalue weighted by molar-refractivity contribution is -0.118. The monoisotopic (exact) mass is 339 g/mol. The fourth-order valence-corrected chi connectivity index (χ4v) is 2.23. The fraction of sp³-hybridized carbons (Fsp3) is 0.176. The third-order valence-corrected chi connectivity index (χ3v) is 3.41. The zero-order valence-corrected chi connectivity index (χ0v) is 13.6. The van der Waals surface area contributed by atoms with Gasteiger partial charge in [-0.15, -0.1) is 10.2 Å². The van der Waals surface area contributed by atoms with Gasteiger partial charge in [-0.2, -0.15) is 4.80 Å². The molecule has 1 amide bonds. The molecule has 1 aromatic heterocycles. The molecule has 128 valence electrons. The first-order valence-corrected chi connectivity index (χ1v) is 7.57. The molecule has 3 aromatic rings. The molecule has 0 spiro atoms. The molecule has 0 aliphatic carbocycles. The molecule has 0 fully saturated rings. The summed E-state index contributed by atoms with van der Waals surface area (Å²) in [6.45, 7) is 0.312. The van der Waals surface area contributed by atoms with Crippen LogP contribution in [-0.4, -0.2) is 33.2 Å². The van der Waals surface area contributed by atoms with Gasteiger partial charge in [-0.1, -0.05) is 30.3 Å². The van der Waals surface area contributed by atoms with Gasteiger partial charge in [0.25, 0.3) is 0 Å². The molecule has 8 nitrogen and oxygen atoms in total. The second-order valence-electron chi connectivity index (χ2n) is 5.25. The number of tetrazole rings is 1. The quantitative estimate of drug-likeness (QED) is 0.698. The molecule has 0 saturated carbocycles. The zero-order valence-electron chi connectivity index (χ0n) is 13.6. The molecule has 0 aliphatic rings. The Morgan fingerprint density at radius 2 is 1.96 bits per heavy atom. The Morgan fingerprint density at radius 3 is 2.68 bits per heavy atom. The molecule has 0 bridgehead atoms. The number of aromatic nitrogens is 4. The molecule has 0 radical (unpaired) electrons. The highest BCUT2D eigenvalue weighted by atomic mass is 16.5. The highest BCUT2D eigenvalue weighted by molar-refractivity contribution is 5.73. The van der Waals surface area contributed by atoms with E-state index in [2.05, 4.69) is 15.4 Å². The first-order chi connectivity index (χ1) is 12.2. The molecule has 8 heteroatoms. The number of primary amides is 1. The first kappa shape index (κ1) is 16.4. The van der Waals surface area contributed by atoms with Crippen molar-refractivity contribution in [2.75, 3.05) is 7.11 Å². The minimum absolute atomic E-state index is 0.123. The predicted octanol–water partition coefficient (Wildman–Crippen LogP) is 1.41. The van der Waals surface area contributed by atoms with Gasteiger partial charge in [0.1, 0.15) is 13.2 Å². The van der Waals surface area contributed by atoms with E-state index in [-0.39, 0.29) is 6.54 Å². The van der Waals surface area contributed by atoms with Gasteiger partial charge in [0.2, 0.25) is 11.7 Å². The van der Waals surface area contributed by atoms with E-state index in [0.717, 1.165) is 10.4 Å². The molecular formula is C17H17N5O3. The van der Waals surface area contributed by atoms with Gasteiger partial charge in [-0.3, -0.25) is 4.79 Å². The molecule has 0 saturated heterocycles. The van der Waals surface area contributed by atoms with E-state index < -0.39 is 5.91 Å². The Morgan fingerprint density at radius 1 is 1.16 bits per heavy atom. The van der Waals surface area contributed by atoms with Crippen molar-refractivity contribution < 1.29 is 14.3 Å². The molecule has 3 rings (SSSR count). The lowest BCUT2D eigenvalue weighted by Crippen LogP contribution is -2.20. The second-order valence-corrected chi connectivity index (χ2v) is 5.25. The van der Waals surface area contributed by atoms with E-state index in [4.69, 9.17) is 15.2 Å². The highest BCUT2D eigenvalue weighted by Crippen LogP contribution is 2.31. The Hall–Kier alpha value is -3.42. The van der Waals surface area contributed by atoms with Gasteiger partial charge in [0.05, 0.1) is 7.11 Å². The highest BCUT2D eigenvalue weighted by Gasteiger charge is 2.12. The zero-order chi connectivity index (χ0) is 17.6. The van der Waals surface area contributed by atoms with Crippen molar-refractivity contribution in [1.29, 1.82) is 0 Å². The Kier molecular flexibility index (Phi) is 4.89. The summed E-state index contributed by atoms with van der Waals surface area (Å²) in [6, 6.07) is 15.2. The van der Waals surface area contributed by atoms with Crippen LogP contribution in [0.2, 0.25) is 0 Å². The van der Waals surface area contributed by atoms with Crippen LogP contribution in [0.1, 0.15) is 5.56 Å². The number of amides is 1. The number of carbonyl (C=O) groups excluding carboxylic acids is 1. The van der Waals surface area contributed by atoms with Gasteiger partial charge < -0.3 is 15.2 Å². The van der Waals surface area contributed by atoms with E-state index in [1.54, 1.807) is 25.3 Å². The van der Waals surface area contributed by atoms with Crippen molar-refractivity contribution in [3.8, 4) is 22.9 Å². The van der Waals surface area contributed by atoms with E-state index in [1.165, 1.54) is 0 Å². The molecular weight excluding hydrogens is 322 g/mol. The van der Waals surface area contributed by atoms with E-state index >= 15 is 0 Å². The Labute approximate surface area is 144 Å². The van der Waals surface area contributed by atoms with Crippen molar-refractivity contribution in [1.82, 2.24) is 20.2 Å².